The number of hydrogen-bond donors (Lipinski definition) is 2. The maximum Gasteiger partial charge on any atom is 0.416 e. The van der Waals surface area contributed by atoms with E-state index in [4.69, 9.17) is 0 Å². The summed E-state index contributed by atoms with van der Waals surface area (Å²) < 4.78 is 38.8. The van der Waals surface area contributed by atoms with Crippen LogP contribution in [0.15, 0.2) is 40.2 Å². The minimum atomic E-state index is -4.43. The molecule has 0 spiro atoms. The average molecular weight is 405 g/mol. The van der Waals surface area contributed by atoms with Gasteiger partial charge in [0.25, 0.3) is 17.4 Å². The van der Waals surface area contributed by atoms with Crippen molar-refractivity contribution in [3.8, 4) is 5.95 Å². The van der Waals surface area contributed by atoms with E-state index in [0.29, 0.717) is 11.3 Å². The van der Waals surface area contributed by atoms with E-state index in [9.17, 15) is 22.8 Å². The first-order valence-electron chi connectivity index (χ1n) is 8.16. The van der Waals surface area contributed by atoms with Crippen LogP contribution in [0.5, 0.6) is 0 Å². The van der Waals surface area contributed by atoms with Crippen molar-refractivity contribution in [2.45, 2.75) is 20.0 Å². The number of amides is 1. The minimum Gasteiger partial charge on any atom is -0.288 e. The largest absolute Gasteiger partial charge is 0.416 e. The molecular weight excluding hydrogens is 391 g/mol. The molecule has 2 N–H and O–H groups in total. The van der Waals surface area contributed by atoms with Crippen molar-refractivity contribution in [1.29, 1.82) is 0 Å². The number of H-pyrrole nitrogens is 1. The molecule has 0 saturated heterocycles. The molecule has 150 valence electrons. The van der Waals surface area contributed by atoms with Crippen molar-refractivity contribution >= 4 is 12.1 Å². The number of hydrogen-bond acceptors (Lipinski definition) is 6. The standard InChI is InChI=1S/C17H14F3N7O2/c1-9-7-13(27(26-9)16-22-14(28)10(2)23-25-16)15(29)24-21-8-11-3-5-12(6-4-11)17(18,19)20/h3-8H,1-2H3,(H,24,29)(H,22,25,28)/b21-8-. The van der Waals surface area contributed by atoms with Gasteiger partial charge in [-0.05, 0) is 37.6 Å². The van der Waals surface area contributed by atoms with E-state index in [1.165, 1.54) is 31.3 Å². The summed E-state index contributed by atoms with van der Waals surface area (Å²) in [5.74, 6) is -0.720. The summed E-state index contributed by atoms with van der Waals surface area (Å²) >= 11 is 0. The van der Waals surface area contributed by atoms with Crippen molar-refractivity contribution in [3.05, 3.63) is 68.9 Å². The fraction of sp³-hybridized carbons (Fsp3) is 0.176. The first-order valence-corrected chi connectivity index (χ1v) is 8.16. The smallest absolute Gasteiger partial charge is 0.288 e. The predicted molar refractivity (Wildman–Crippen MR) is 95.8 cm³/mol. The van der Waals surface area contributed by atoms with Gasteiger partial charge in [-0.3, -0.25) is 14.6 Å². The Balaban J connectivity index is 1.77. The summed E-state index contributed by atoms with van der Waals surface area (Å²) in [7, 11) is 0. The lowest BCUT2D eigenvalue weighted by Crippen LogP contribution is -2.24. The molecule has 1 amide bonds. The Hall–Kier alpha value is -3.83. The second-order valence-corrected chi connectivity index (χ2v) is 5.96. The lowest BCUT2D eigenvalue weighted by molar-refractivity contribution is -0.137. The maximum atomic E-state index is 12.6. The first kappa shape index (κ1) is 19.9. The van der Waals surface area contributed by atoms with E-state index in [1.54, 1.807) is 6.92 Å². The Kier molecular flexibility index (Phi) is 5.26. The number of benzene rings is 1. The lowest BCUT2D eigenvalue weighted by atomic mass is 10.1. The Labute approximate surface area is 161 Å². The van der Waals surface area contributed by atoms with E-state index in [1.807, 2.05) is 0 Å². The van der Waals surface area contributed by atoms with Crippen LogP contribution in [0.4, 0.5) is 13.2 Å². The Bertz CT molecular complexity index is 1130. The van der Waals surface area contributed by atoms with Crippen molar-refractivity contribution in [1.82, 2.24) is 30.4 Å². The number of aryl methyl sites for hydroxylation is 2. The van der Waals surface area contributed by atoms with E-state index >= 15 is 0 Å². The number of rotatable bonds is 4. The van der Waals surface area contributed by atoms with Crippen molar-refractivity contribution in [2.75, 3.05) is 0 Å². The van der Waals surface area contributed by atoms with Crippen LogP contribution in [0.3, 0.4) is 0 Å². The molecule has 0 bridgehead atoms. The van der Waals surface area contributed by atoms with E-state index < -0.39 is 23.2 Å². The second kappa shape index (κ2) is 7.66. The number of hydrazone groups is 1. The first-order chi connectivity index (χ1) is 13.6. The summed E-state index contributed by atoms with van der Waals surface area (Å²) in [5.41, 5.74) is 2.01. The number of carbonyl (C=O) groups excluding carboxylic acids is 1. The van der Waals surface area contributed by atoms with Gasteiger partial charge >= 0.3 is 6.18 Å². The van der Waals surface area contributed by atoms with Gasteiger partial charge in [0.15, 0.2) is 0 Å². The van der Waals surface area contributed by atoms with Crippen molar-refractivity contribution < 1.29 is 18.0 Å². The highest BCUT2D eigenvalue weighted by atomic mass is 19.4. The zero-order chi connectivity index (χ0) is 21.2. The van der Waals surface area contributed by atoms with Crippen LogP contribution >= 0.6 is 0 Å². The Morgan fingerprint density at radius 3 is 2.52 bits per heavy atom. The predicted octanol–water partition coefficient (Wildman–Crippen LogP) is 1.75. The van der Waals surface area contributed by atoms with Gasteiger partial charge in [0, 0.05) is 0 Å². The van der Waals surface area contributed by atoms with Gasteiger partial charge < -0.3 is 0 Å². The van der Waals surface area contributed by atoms with E-state index in [-0.39, 0.29) is 17.3 Å². The molecule has 0 saturated carbocycles. The SMILES string of the molecule is Cc1cc(C(=O)N/N=C\c2ccc(C(F)(F)F)cc2)n(-c2nnc(C)c(=O)[nH]2)n1. The molecule has 0 atom stereocenters. The molecule has 9 nitrogen and oxygen atoms in total. The highest BCUT2D eigenvalue weighted by Crippen LogP contribution is 2.28. The van der Waals surface area contributed by atoms with Crippen LogP contribution < -0.4 is 11.0 Å². The third-order valence-corrected chi connectivity index (χ3v) is 3.73. The molecule has 0 aliphatic heterocycles. The fourth-order valence-electron chi connectivity index (χ4n) is 2.28. The molecule has 0 unspecified atom stereocenters. The van der Waals surface area contributed by atoms with Gasteiger partial charge in [0.05, 0.1) is 17.5 Å². The molecule has 3 aromatic rings. The average Bonchev–Trinajstić information content (AvgIpc) is 3.05. The minimum absolute atomic E-state index is 0.0286. The molecule has 0 aliphatic carbocycles. The third-order valence-electron chi connectivity index (χ3n) is 3.73. The van der Waals surface area contributed by atoms with Crippen molar-refractivity contribution in [2.24, 2.45) is 5.10 Å². The van der Waals surface area contributed by atoms with Crippen LogP contribution in [0.2, 0.25) is 0 Å². The van der Waals surface area contributed by atoms with Crippen LogP contribution in [-0.2, 0) is 6.18 Å². The monoisotopic (exact) mass is 405 g/mol. The molecule has 1 aromatic carbocycles. The number of aromatic amines is 1. The molecule has 12 heteroatoms. The van der Waals surface area contributed by atoms with Crippen molar-refractivity contribution in [3.63, 3.8) is 0 Å². The third kappa shape index (κ3) is 4.54. The molecule has 3 rings (SSSR count). The lowest BCUT2D eigenvalue weighted by Gasteiger charge is -2.06. The van der Waals surface area contributed by atoms with E-state index in [2.05, 4.69) is 30.8 Å². The molecule has 2 heterocycles. The zero-order valence-corrected chi connectivity index (χ0v) is 15.2. The van der Waals surface area contributed by atoms with Gasteiger partial charge in [0.2, 0.25) is 0 Å². The van der Waals surface area contributed by atoms with Gasteiger partial charge in [-0.1, -0.05) is 12.1 Å². The molecule has 2 aromatic heterocycles. The van der Waals surface area contributed by atoms with Gasteiger partial charge in [-0.2, -0.15) is 28.1 Å². The number of halogens is 3. The highest BCUT2D eigenvalue weighted by Gasteiger charge is 2.29. The molecule has 0 radical (unpaired) electrons. The number of carbonyl (C=O) groups is 1. The number of nitrogens with zero attached hydrogens (tertiary/aromatic N) is 5. The van der Waals surface area contributed by atoms with Crippen LogP contribution in [0.25, 0.3) is 5.95 Å². The summed E-state index contributed by atoms with van der Waals surface area (Å²) in [4.78, 5) is 26.6. The van der Waals surface area contributed by atoms with Crippen LogP contribution in [0, 0.1) is 13.8 Å². The Morgan fingerprint density at radius 2 is 1.90 bits per heavy atom. The zero-order valence-electron chi connectivity index (χ0n) is 15.2. The summed E-state index contributed by atoms with van der Waals surface area (Å²) in [6, 6.07) is 5.71. The van der Waals surface area contributed by atoms with Crippen LogP contribution in [0.1, 0.15) is 33.0 Å². The van der Waals surface area contributed by atoms with Gasteiger partial charge in [-0.25, -0.2) is 5.43 Å². The molecular formula is C17H14F3N7O2. The topological polar surface area (TPSA) is 118 Å². The summed E-state index contributed by atoms with van der Waals surface area (Å²) in [6.45, 7) is 3.12. The quantitative estimate of drug-likeness (QED) is 0.507. The molecule has 0 aliphatic rings. The van der Waals surface area contributed by atoms with Gasteiger partial charge in [-0.15, -0.1) is 10.2 Å². The number of alkyl halides is 3. The molecule has 29 heavy (non-hydrogen) atoms. The highest BCUT2D eigenvalue weighted by molar-refractivity contribution is 5.93. The molecule has 0 fully saturated rings. The number of nitrogens with one attached hydrogen (secondary N) is 2. The number of aromatic nitrogens is 5. The maximum absolute atomic E-state index is 12.6. The fourth-order valence-corrected chi connectivity index (χ4v) is 2.28. The Morgan fingerprint density at radius 1 is 1.21 bits per heavy atom. The summed E-state index contributed by atoms with van der Waals surface area (Å²) in [6.07, 6.45) is -3.24. The van der Waals surface area contributed by atoms with E-state index in [0.717, 1.165) is 16.8 Å². The van der Waals surface area contributed by atoms with Crippen LogP contribution in [-0.4, -0.2) is 37.1 Å². The summed E-state index contributed by atoms with van der Waals surface area (Å²) in [5, 5.41) is 15.3. The second-order valence-electron chi connectivity index (χ2n) is 5.96. The van der Waals surface area contributed by atoms with Gasteiger partial charge in [0.1, 0.15) is 11.4 Å². The normalized spacial score (nSPS) is 11.8.